The highest BCUT2D eigenvalue weighted by Crippen LogP contribution is 2.40. The Hall–Kier alpha value is -3.11. The fraction of sp³-hybridized carbons (Fsp3) is 0.185. The van der Waals surface area contributed by atoms with Crippen LogP contribution in [0.25, 0.3) is 5.57 Å². The molecule has 4 rings (SSSR count). The predicted molar refractivity (Wildman–Crippen MR) is 129 cm³/mol. The van der Waals surface area contributed by atoms with Crippen LogP contribution in [0.15, 0.2) is 77.7 Å². The van der Waals surface area contributed by atoms with Crippen LogP contribution in [0.2, 0.25) is 0 Å². The summed E-state index contributed by atoms with van der Waals surface area (Å²) in [7, 11) is 0. The lowest BCUT2D eigenvalue weighted by Gasteiger charge is -2.16. The minimum Gasteiger partial charge on any atom is -0.268 e. The van der Waals surface area contributed by atoms with Gasteiger partial charge in [-0.05, 0) is 54.7 Å². The Morgan fingerprint density at radius 3 is 2.16 bits per heavy atom. The number of carbonyl (C=O) groups is 2. The first kappa shape index (κ1) is 21.1. The molecule has 3 nitrogen and oxygen atoms in total. The fourth-order valence-electron chi connectivity index (χ4n) is 3.82. The molecule has 1 heterocycles. The van der Waals surface area contributed by atoms with Crippen LogP contribution in [0.3, 0.4) is 0 Å². The van der Waals surface area contributed by atoms with E-state index >= 15 is 0 Å². The van der Waals surface area contributed by atoms with Gasteiger partial charge < -0.3 is 0 Å². The van der Waals surface area contributed by atoms with Crippen molar-refractivity contribution in [2.45, 2.75) is 32.9 Å². The van der Waals surface area contributed by atoms with Gasteiger partial charge in [0.2, 0.25) is 0 Å². The van der Waals surface area contributed by atoms with E-state index in [1.54, 1.807) is 0 Å². The van der Waals surface area contributed by atoms with Gasteiger partial charge >= 0.3 is 0 Å². The van der Waals surface area contributed by atoms with E-state index in [4.69, 9.17) is 0 Å². The fourth-order valence-corrected chi connectivity index (χ4v) is 4.88. The lowest BCUT2D eigenvalue weighted by atomic mass is 9.98. The van der Waals surface area contributed by atoms with E-state index in [2.05, 4.69) is 13.0 Å². The van der Waals surface area contributed by atoms with Crippen LogP contribution in [-0.2, 0) is 21.8 Å². The third-order valence-corrected chi connectivity index (χ3v) is 6.67. The molecule has 2 amide bonds. The molecule has 31 heavy (non-hydrogen) atoms. The maximum atomic E-state index is 13.6. The van der Waals surface area contributed by atoms with E-state index in [0.717, 1.165) is 28.7 Å². The average Bonchev–Trinajstić information content (AvgIpc) is 3.02. The van der Waals surface area contributed by atoms with Gasteiger partial charge in [-0.3, -0.25) is 9.59 Å². The van der Waals surface area contributed by atoms with E-state index in [9.17, 15) is 9.59 Å². The Kier molecular flexibility index (Phi) is 6.10. The molecule has 0 aromatic heterocycles. The minimum atomic E-state index is -0.253. The molecule has 0 saturated carbocycles. The quantitative estimate of drug-likeness (QED) is 0.447. The summed E-state index contributed by atoms with van der Waals surface area (Å²) >= 11 is 1.44. The number of hydrogen-bond acceptors (Lipinski definition) is 3. The molecule has 3 aromatic rings. The topological polar surface area (TPSA) is 37.4 Å². The molecule has 4 heteroatoms. The first-order valence-corrected chi connectivity index (χ1v) is 11.4. The van der Waals surface area contributed by atoms with E-state index in [-0.39, 0.29) is 11.8 Å². The summed E-state index contributed by atoms with van der Waals surface area (Å²) in [4.78, 5) is 28.9. The van der Waals surface area contributed by atoms with Crippen molar-refractivity contribution in [3.8, 4) is 0 Å². The van der Waals surface area contributed by atoms with Gasteiger partial charge in [-0.1, -0.05) is 73.2 Å². The Bertz CT molecular complexity index is 1160. The number of aryl methyl sites for hydroxylation is 3. The molecule has 0 unspecified atom stereocenters. The standard InChI is InChI=1S/C27H25NO2S/c1-4-20-11-13-22(14-12-20)28-26(29)24(23-15-10-18(2)16-19(23)3)25(27(28)30)31-17-21-8-6-5-7-9-21/h5-16H,4,17H2,1-3H3. The van der Waals surface area contributed by atoms with Crippen LogP contribution >= 0.6 is 11.8 Å². The Balaban J connectivity index is 1.76. The largest absolute Gasteiger partial charge is 0.272 e. The van der Waals surface area contributed by atoms with Crippen molar-refractivity contribution in [2.24, 2.45) is 0 Å². The number of thioether (sulfide) groups is 1. The summed E-state index contributed by atoms with van der Waals surface area (Å²) in [6, 6.07) is 23.7. The molecular formula is C27H25NO2S. The first-order chi connectivity index (χ1) is 15.0. The number of anilines is 1. The highest BCUT2D eigenvalue weighted by molar-refractivity contribution is 8.03. The molecule has 0 saturated heterocycles. The molecular weight excluding hydrogens is 402 g/mol. The Morgan fingerprint density at radius 1 is 0.806 bits per heavy atom. The molecule has 0 spiro atoms. The predicted octanol–water partition coefficient (Wildman–Crippen LogP) is 6.08. The van der Waals surface area contributed by atoms with Gasteiger partial charge in [-0.25, -0.2) is 4.90 Å². The van der Waals surface area contributed by atoms with Crippen molar-refractivity contribution in [1.29, 1.82) is 0 Å². The highest BCUT2D eigenvalue weighted by atomic mass is 32.2. The highest BCUT2D eigenvalue weighted by Gasteiger charge is 2.40. The van der Waals surface area contributed by atoms with Crippen molar-refractivity contribution in [1.82, 2.24) is 0 Å². The Labute approximate surface area is 187 Å². The zero-order chi connectivity index (χ0) is 22.0. The second-order valence-corrected chi connectivity index (χ2v) is 8.75. The smallest absolute Gasteiger partial charge is 0.268 e. The third kappa shape index (κ3) is 4.21. The average molecular weight is 428 g/mol. The van der Waals surface area contributed by atoms with Crippen molar-refractivity contribution in [2.75, 3.05) is 4.90 Å². The van der Waals surface area contributed by atoms with Crippen molar-refractivity contribution >= 4 is 34.8 Å². The number of nitrogens with zero attached hydrogens (tertiary/aromatic N) is 1. The zero-order valence-electron chi connectivity index (χ0n) is 18.0. The molecule has 156 valence electrons. The van der Waals surface area contributed by atoms with Gasteiger partial charge in [-0.15, -0.1) is 11.8 Å². The van der Waals surface area contributed by atoms with E-state index in [1.165, 1.54) is 22.2 Å². The third-order valence-electron chi connectivity index (χ3n) is 5.52. The van der Waals surface area contributed by atoms with Gasteiger partial charge in [0.1, 0.15) is 0 Å². The van der Waals surface area contributed by atoms with Crippen LogP contribution in [0.4, 0.5) is 5.69 Å². The number of hydrogen-bond donors (Lipinski definition) is 0. The monoisotopic (exact) mass is 427 g/mol. The summed E-state index contributed by atoms with van der Waals surface area (Å²) in [6.45, 7) is 6.10. The lowest BCUT2D eigenvalue weighted by molar-refractivity contribution is -0.119. The maximum Gasteiger partial charge on any atom is 0.272 e. The minimum absolute atomic E-state index is 0.245. The SMILES string of the molecule is CCc1ccc(N2C(=O)C(SCc3ccccc3)=C(c3ccc(C)cc3C)C2=O)cc1. The molecule has 0 bridgehead atoms. The van der Waals surface area contributed by atoms with Crippen LogP contribution in [0.5, 0.6) is 0 Å². The van der Waals surface area contributed by atoms with Gasteiger partial charge in [0.25, 0.3) is 11.8 Å². The van der Waals surface area contributed by atoms with E-state index < -0.39 is 0 Å². The molecule has 0 N–H and O–H groups in total. The number of rotatable bonds is 6. The van der Waals surface area contributed by atoms with Crippen molar-refractivity contribution in [3.05, 3.63) is 106 Å². The second-order valence-electron chi connectivity index (χ2n) is 7.76. The molecule has 0 fully saturated rings. The Morgan fingerprint density at radius 2 is 1.52 bits per heavy atom. The number of benzene rings is 3. The van der Waals surface area contributed by atoms with Crippen LogP contribution < -0.4 is 4.90 Å². The summed E-state index contributed by atoms with van der Waals surface area (Å²) in [5, 5.41) is 0. The number of imide groups is 1. The van der Waals surface area contributed by atoms with Crippen LogP contribution in [0.1, 0.15) is 34.7 Å². The van der Waals surface area contributed by atoms with Gasteiger partial charge in [0, 0.05) is 5.75 Å². The number of amides is 2. The van der Waals surface area contributed by atoms with Gasteiger partial charge in [0.05, 0.1) is 16.2 Å². The number of carbonyl (C=O) groups excluding carboxylic acids is 2. The molecule has 1 aliphatic rings. The normalized spacial score (nSPS) is 14.0. The summed E-state index contributed by atoms with van der Waals surface area (Å²) in [5.41, 5.74) is 6.36. The molecule has 0 atom stereocenters. The maximum absolute atomic E-state index is 13.6. The molecule has 0 radical (unpaired) electrons. The lowest BCUT2D eigenvalue weighted by Crippen LogP contribution is -2.31. The molecule has 1 aliphatic heterocycles. The van der Waals surface area contributed by atoms with Crippen LogP contribution in [-0.4, -0.2) is 11.8 Å². The summed E-state index contributed by atoms with van der Waals surface area (Å²) in [6.07, 6.45) is 0.909. The zero-order valence-corrected chi connectivity index (χ0v) is 18.8. The van der Waals surface area contributed by atoms with Gasteiger partial charge in [0.15, 0.2) is 0 Å². The van der Waals surface area contributed by atoms with Crippen LogP contribution in [0, 0.1) is 13.8 Å². The van der Waals surface area contributed by atoms with Gasteiger partial charge in [-0.2, -0.15) is 0 Å². The molecule has 0 aliphatic carbocycles. The molecule has 3 aromatic carbocycles. The second kappa shape index (κ2) is 8.94. The van der Waals surface area contributed by atoms with Crippen molar-refractivity contribution in [3.63, 3.8) is 0 Å². The van der Waals surface area contributed by atoms with E-state index in [0.29, 0.717) is 21.9 Å². The summed E-state index contributed by atoms with van der Waals surface area (Å²) < 4.78 is 0. The van der Waals surface area contributed by atoms with E-state index in [1.807, 2.05) is 80.6 Å². The van der Waals surface area contributed by atoms with Crippen molar-refractivity contribution < 1.29 is 9.59 Å². The first-order valence-electron chi connectivity index (χ1n) is 10.5. The summed E-state index contributed by atoms with van der Waals surface area (Å²) in [5.74, 6) is 0.133.